The minimum Gasteiger partial charge on any atom is -0.496 e. The lowest BCUT2D eigenvalue weighted by Gasteiger charge is -2.22. The van der Waals surface area contributed by atoms with Crippen LogP contribution in [0.3, 0.4) is 0 Å². The van der Waals surface area contributed by atoms with E-state index in [0.29, 0.717) is 5.78 Å². The van der Waals surface area contributed by atoms with Crippen LogP contribution in [-0.4, -0.2) is 12.9 Å². The van der Waals surface area contributed by atoms with Crippen molar-refractivity contribution in [3.8, 4) is 5.75 Å². The van der Waals surface area contributed by atoms with Gasteiger partial charge in [-0.1, -0.05) is 36.8 Å². The quantitative estimate of drug-likeness (QED) is 0.836. The Morgan fingerprint density at radius 2 is 2.00 bits per heavy atom. The monoisotopic (exact) mass is 268 g/mol. The van der Waals surface area contributed by atoms with E-state index in [4.69, 9.17) is 4.74 Å². The molecule has 0 aromatic heterocycles. The van der Waals surface area contributed by atoms with Crippen LogP contribution in [-0.2, 0) is 11.2 Å². The highest BCUT2D eigenvalue weighted by molar-refractivity contribution is 5.89. The van der Waals surface area contributed by atoms with Gasteiger partial charge in [0, 0.05) is 17.9 Å². The van der Waals surface area contributed by atoms with Crippen LogP contribution in [0, 0.1) is 5.92 Å². The van der Waals surface area contributed by atoms with Gasteiger partial charge in [-0.2, -0.15) is 0 Å². The van der Waals surface area contributed by atoms with Gasteiger partial charge in [-0.3, -0.25) is 4.79 Å². The van der Waals surface area contributed by atoms with Crippen LogP contribution in [0.5, 0.6) is 5.75 Å². The van der Waals surface area contributed by atoms with Crippen molar-refractivity contribution < 1.29 is 9.53 Å². The van der Waals surface area contributed by atoms with Crippen molar-refractivity contribution in [2.24, 2.45) is 5.92 Å². The van der Waals surface area contributed by atoms with E-state index in [9.17, 15) is 4.79 Å². The van der Waals surface area contributed by atoms with Crippen molar-refractivity contribution in [1.29, 1.82) is 0 Å². The molecule has 0 bridgehead atoms. The Bertz CT molecular complexity index is 630. The third-order valence-corrected chi connectivity index (χ3v) is 4.35. The molecule has 0 spiro atoms. The molecule has 2 nitrogen and oxygen atoms in total. The number of rotatable bonds is 3. The number of methoxy groups -OCH3 is 1. The van der Waals surface area contributed by atoms with E-state index >= 15 is 0 Å². The number of carbonyl (C=O) groups excluding carboxylic acids is 1. The molecule has 0 aliphatic heterocycles. The van der Waals surface area contributed by atoms with Crippen LogP contribution in [0.25, 0.3) is 10.8 Å². The van der Waals surface area contributed by atoms with Crippen molar-refractivity contribution in [3.63, 3.8) is 0 Å². The predicted octanol–water partition coefficient (Wildman–Crippen LogP) is 4.15. The minimum atomic E-state index is 0.170. The van der Waals surface area contributed by atoms with Crippen LogP contribution in [0.1, 0.15) is 31.2 Å². The van der Waals surface area contributed by atoms with E-state index in [0.717, 1.165) is 31.4 Å². The topological polar surface area (TPSA) is 26.3 Å². The van der Waals surface area contributed by atoms with E-state index in [1.54, 1.807) is 7.11 Å². The summed E-state index contributed by atoms with van der Waals surface area (Å²) >= 11 is 0. The first-order valence-corrected chi connectivity index (χ1v) is 7.37. The van der Waals surface area contributed by atoms with Gasteiger partial charge in [0.2, 0.25) is 0 Å². The summed E-state index contributed by atoms with van der Waals surface area (Å²) in [5, 5.41) is 2.43. The summed E-state index contributed by atoms with van der Waals surface area (Å²) in [4.78, 5) is 12.1. The van der Waals surface area contributed by atoms with Crippen LogP contribution in [0.15, 0.2) is 36.4 Å². The standard InChI is InChI=1S/C18H20O2/c1-20-18-11-10-13-6-2-4-8-15(13)16(18)12-14-7-3-5-9-17(14)19/h2,4,6,8,10-11,14H,3,5,7,9,12H2,1H3. The number of ether oxygens (including phenoxy) is 1. The van der Waals surface area contributed by atoms with Crippen LogP contribution in [0.4, 0.5) is 0 Å². The van der Waals surface area contributed by atoms with Crippen molar-refractivity contribution in [2.75, 3.05) is 7.11 Å². The van der Waals surface area contributed by atoms with Crippen molar-refractivity contribution in [1.82, 2.24) is 0 Å². The Morgan fingerprint density at radius 1 is 1.15 bits per heavy atom. The van der Waals surface area contributed by atoms with Crippen molar-refractivity contribution in [3.05, 3.63) is 42.0 Å². The van der Waals surface area contributed by atoms with Gasteiger partial charge in [0.25, 0.3) is 0 Å². The largest absolute Gasteiger partial charge is 0.496 e. The van der Waals surface area contributed by atoms with E-state index in [-0.39, 0.29) is 5.92 Å². The number of hydrogen-bond donors (Lipinski definition) is 0. The van der Waals surface area contributed by atoms with Crippen LogP contribution in [0.2, 0.25) is 0 Å². The molecule has 1 fully saturated rings. The van der Waals surface area contributed by atoms with Crippen LogP contribution < -0.4 is 4.74 Å². The summed E-state index contributed by atoms with van der Waals surface area (Å²) in [6.45, 7) is 0. The maximum absolute atomic E-state index is 12.1. The summed E-state index contributed by atoms with van der Waals surface area (Å²) < 4.78 is 5.52. The lowest BCUT2D eigenvalue weighted by molar-refractivity contribution is -0.124. The van der Waals surface area contributed by atoms with E-state index in [1.165, 1.54) is 22.8 Å². The molecule has 0 N–H and O–H groups in total. The number of fused-ring (bicyclic) bond motifs is 1. The van der Waals surface area contributed by atoms with Gasteiger partial charge in [-0.25, -0.2) is 0 Å². The van der Waals surface area contributed by atoms with Crippen molar-refractivity contribution in [2.45, 2.75) is 32.1 Å². The summed E-state index contributed by atoms with van der Waals surface area (Å²) in [5.74, 6) is 1.50. The highest BCUT2D eigenvalue weighted by Gasteiger charge is 2.24. The van der Waals surface area contributed by atoms with Crippen LogP contribution >= 0.6 is 0 Å². The van der Waals surface area contributed by atoms with Gasteiger partial charge in [0.05, 0.1) is 7.11 Å². The molecule has 2 heteroatoms. The molecular weight excluding hydrogens is 248 g/mol. The molecule has 1 unspecified atom stereocenters. The second-order valence-corrected chi connectivity index (χ2v) is 5.58. The molecule has 1 saturated carbocycles. The summed E-state index contributed by atoms with van der Waals surface area (Å²) in [6.07, 6.45) is 4.80. The van der Waals surface area contributed by atoms with E-state index < -0.39 is 0 Å². The Balaban J connectivity index is 2.02. The summed E-state index contributed by atoms with van der Waals surface area (Å²) in [6, 6.07) is 12.4. The fraction of sp³-hybridized carbons (Fsp3) is 0.389. The van der Waals surface area contributed by atoms with Crippen molar-refractivity contribution >= 4 is 16.6 Å². The zero-order valence-corrected chi connectivity index (χ0v) is 11.9. The number of benzene rings is 2. The number of ketones is 1. The molecule has 0 heterocycles. The molecule has 2 aromatic carbocycles. The van der Waals surface area contributed by atoms with Gasteiger partial charge in [0.15, 0.2) is 0 Å². The van der Waals surface area contributed by atoms with Gasteiger partial charge < -0.3 is 4.74 Å². The second kappa shape index (κ2) is 5.66. The lowest BCUT2D eigenvalue weighted by atomic mass is 9.82. The molecular formula is C18H20O2. The second-order valence-electron chi connectivity index (χ2n) is 5.58. The maximum Gasteiger partial charge on any atom is 0.136 e. The predicted molar refractivity (Wildman–Crippen MR) is 81.2 cm³/mol. The third-order valence-electron chi connectivity index (χ3n) is 4.35. The zero-order valence-electron chi connectivity index (χ0n) is 11.9. The fourth-order valence-corrected chi connectivity index (χ4v) is 3.24. The molecule has 0 radical (unpaired) electrons. The molecule has 1 aliphatic rings. The minimum absolute atomic E-state index is 0.170. The molecule has 1 atom stereocenters. The van der Waals surface area contributed by atoms with E-state index in [2.05, 4.69) is 18.2 Å². The van der Waals surface area contributed by atoms with Gasteiger partial charge in [-0.15, -0.1) is 0 Å². The molecule has 0 amide bonds. The molecule has 3 rings (SSSR count). The Labute approximate surface area is 119 Å². The molecule has 2 aromatic rings. The number of carbonyl (C=O) groups is 1. The first-order valence-electron chi connectivity index (χ1n) is 7.37. The average Bonchev–Trinajstić information content (AvgIpc) is 2.50. The first kappa shape index (κ1) is 13.2. The molecule has 1 aliphatic carbocycles. The molecule has 104 valence electrons. The summed E-state index contributed by atoms with van der Waals surface area (Å²) in [7, 11) is 1.70. The third kappa shape index (κ3) is 2.43. The maximum atomic E-state index is 12.1. The Kier molecular flexibility index (Phi) is 3.72. The fourth-order valence-electron chi connectivity index (χ4n) is 3.24. The lowest BCUT2D eigenvalue weighted by Crippen LogP contribution is -2.21. The normalized spacial score (nSPS) is 19.2. The first-order chi connectivity index (χ1) is 9.79. The molecule has 0 saturated heterocycles. The number of Topliss-reactive ketones (excluding diaryl/α,β-unsaturated/α-hetero) is 1. The number of hydrogen-bond acceptors (Lipinski definition) is 2. The SMILES string of the molecule is COc1ccc2ccccc2c1CC1CCCCC1=O. The highest BCUT2D eigenvalue weighted by Crippen LogP contribution is 2.33. The Morgan fingerprint density at radius 3 is 2.80 bits per heavy atom. The smallest absolute Gasteiger partial charge is 0.136 e. The summed E-state index contributed by atoms with van der Waals surface area (Å²) in [5.41, 5.74) is 1.19. The highest BCUT2D eigenvalue weighted by atomic mass is 16.5. The Hall–Kier alpha value is -1.83. The van der Waals surface area contributed by atoms with Gasteiger partial charge in [-0.05, 0) is 36.1 Å². The zero-order chi connectivity index (χ0) is 13.9. The van der Waals surface area contributed by atoms with E-state index in [1.807, 2.05) is 18.2 Å². The van der Waals surface area contributed by atoms with Gasteiger partial charge >= 0.3 is 0 Å². The van der Waals surface area contributed by atoms with Gasteiger partial charge in [0.1, 0.15) is 11.5 Å². The molecule has 20 heavy (non-hydrogen) atoms. The average molecular weight is 268 g/mol.